The number of fused-ring (bicyclic) bond motifs is 1. The third kappa shape index (κ3) is 2.86. The molecule has 2 heterocycles. The van der Waals surface area contributed by atoms with E-state index in [4.69, 9.17) is 0 Å². The third-order valence-electron chi connectivity index (χ3n) is 3.43. The molecule has 4 heteroatoms. The SMILES string of the molecule is CNC(=O)/C=C/c1ccncc1-c1ccc2cccnc2c1. The molecule has 3 rings (SSSR count). The molecule has 0 saturated carbocycles. The van der Waals surface area contributed by atoms with Crippen molar-refractivity contribution in [1.29, 1.82) is 0 Å². The van der Waals surface area contributed by atoms with Gasteiger partial charge >= 0.3 is 0 Å². The molecule has 0 bridgehead atoms. The van der Waals surface area contributed by atoms with Crippen LogP contribution in [0.2, 0.25) is 0 Å². The fraction of sp³-hybridized carbons (Fsp3) is 0.0556. The van der Waals surface area contributed by atoms with Gasteiger partial charge in [-0.1, -0.05) is 18.2 Å². The maximum absolute atomic E-state index is 11.4. The predicted molar refractivity (Wildman–Crippen MR) is 88.1 cm³/mol. The number of nitrogens with zero attached hydrogens (tertiary/aromatic N) is 2. The maximum Gasteiger partial charge on any atom is 0.243 e. The van der Waals surface area contributed by atoms with Crippen LogP contribution in [-0.2, 0) is 4.79 Å². The van der Waals surface area contributed by atoms with E-state index >= 15 is 0 Å². The highest BCUT2D eigenvalue weighted by Gasteiger charge is 2.05. The van der Waals surface area contributed by atoms with Gasteiger partial charge in [0.25, 0.3) is 0 Å². The maximum atomic E-state index is 11.4. The Balaban J connectivity index is 2.06. The molecule has 108 valence electrons. The minimum atomic E-state index is -0.136. The van der Waals surface area contributed by atoms with E-state index in [1.807, 2.05) is 36.4 Å². The van der Waals surface area contributed by atoms with Crippen molar-refractivity contribution in [3.63, 3.8) is 0 Å². The van der Waals surface area contributed by atoms with Gasteiger partial charge in [0.15, 0.2) is 0 Å². The van der Waals surface area contributed by atoms with Gasteiger partial charge in [-0.15, -0.1) is 0 Å². The van der Waals surface area contributed by atoms with Crippen LogP contribution in [0.15, 0.2) is 61.1 Å². The topological polar surface area (TPSA) is 54.9 Å². The van der Waals surface area contributed by atoms with Crippen molar-refractivity contribution < 1.29 is 4.79 Å². The number of nitrogens with one attached hydrogen (secondary N) is 1. The molecule has 4 nitrogen and oxygen atoms in total. The zero-order valence-corrected chi connectivity index (χ0v) is 12.2. The minimum absolute atomic E-state index is 0.136. The van der Waals surface area contributed by atoms with Crippen LogP contribution in [0.25, 0.3) is 28.1 Å². The zero-order valence-electron chi connectivity index (χ0n) is 12.2. The molecule has 1 aromatic carbocycles. The Kier molecular flexibility index (Phi) is 3.92. The van der Waals surface area contributed by atoms with Crippen molar-refractivity contribution in [3.8, 4) is 11.1 Å². The fourth-order valence-electron chi connectivity index (χ4n) is 2.27. The monoisotopic (exact) mass is 289 g/mol. The average molecular weight is 289 g/mol. The first-order chi connectivity index (χ1) is 10.8. The van der Waals surface area contributed by atoms with Crippen LogP contribution in [0, 0.1) is 0 Å². The Morgan fingerprint density at radius 3 is 2.95 bits per heavy atom. The Morgan fingerprint density at radius 2 is 2.09 bits per heavy atom. The summed E-state index contributed by atoms with van der Waals surface area (Å²) in [5, 5.41) is 3.66. The highest BCUT2D eigenvalue weighted by molar-refractivity contribution is 5.93. The Morgan fingerprint density at radius 1 is 1.18 bits per heavy atom. The molecule has 22 heavy (non-hydrogen) atoms. The molecule has 0 aliphatic rings. The Labute approximate surface area is 128 Å². The van der Waals surface area contributed by atoms with Crippen LogP contribution in [0.4, 0.5) is 0 Å². The van der Waals surface area contributed by atoms with Crippen LogP contribution < -0.4 is 5.32 Å². The molecule has 0 spiro atoms. The summed E-state index contributed by atoms with van der Waals surface area (Å²) in [4.78, 5) is 20.0. The summed E-state index contributed by atoms with van der Waals surface area (Å²) in [5.41, 5.74) is 3.87. The first-order valence-electron chi connectivity index (χ1n) is 6.97. The lowest BCUT2D eigenvalue weighted by atomic mass is 10.0. The number of pyridine rings is 2. The van der Waals surface area contributed by atoms with Gasteiger partial charge in [-0.05, 0) is 35.4 Å². The average Bonchev–Trinajstić information content (AvgIpc) is 2.59. The lowest BCUT2D eigenvalue weighted by molar-refractivity contribution is -0.115. The highest BCUT2D eigenvalue weighted by atomic mass is 16.1. The van der Waals surface area contributed by atoms with Crippen LogP contribution in [0.3, 0.4) is 0 Å². The summed E-state index contributed by atoms with van der Waals surface area (Å²) in [6.45, 7) is 0. The van der Waals surface area contributed by atoms with Crippen molar-refractivity contribution in [2.75, 3.05) is 7.05 Å². The summed E-state index contributed by atoms with van der Waals surface area (Å²) in [7, 11) is 1.61. The fourth-order valence-corrected chi connectivity index (χ4v) is 2.27. The third-order valence-corrected chi connectivity index (χ3v) is 3.43. The molecule has 2 aromatic heterocycles. The molecule has 1 amide bonds. The largest absolute Gasteiger partial charge is 0.356 e. The normalized spacial score (nSPS) is 11.0. The molecule has 3 aromatic rings. The molecule has 0 aliphatic heterocycles. The van der Waals surface area contributed by atoms with Crippen molar-refractivity contribution in [1.82, 2.24) is 15.3 Å². The number of benzene rings is 1. The lowest BCUT2D eigenvalue weighted by Gasteiger charge is -2.07. The van der Waals surface area contributed by atoms with Crippen molar-refractivity contribution in [2.45, 2.75) is 0 Å². The highest BCUT2D eigenvalue weighted by Crippen LogP contribution is 2.26. The first kappa shape index (κ1) is 13.9. The summed E-state index contributed by atoms with van der Waals surface area (Å²) < 4.78 is 0. The van der Waals surface area contributed by atoms with Gasteiger partial charge in [0.05, 0.1) is 5.52 Å². The Hall–Kier alpha value is -3.01. The molecule has 0 fully saturated rings. The molecule has 0 unspecified atom stereocenters. The van der Waals surface area contributed by atoms with Gasteiger partial charge in [-0.25, -0.2) is 0 Å². The molecule has 0 atom stereocenters. The second-order valence-corrected chi connectivity index (χ2v) is 4.82. The van der Waals surface area contributed by atoms with E-state index in [9.17, 15) is 4.79 Å². The van der Waals surface area contributed by atoms with E-state index in [1.165, 1.54) is 6.08 Å². The molecule has 0 radical (unpaired) electrons. The van der Waals surface area contributed by atoms with Crippen LogP contribution in [-0.4, -0.2) is 22.9 Å². The van der Waals surface area contributed by atoms with Gasteiger partial charge in [-0.2, -0.15) is 0 Å². The summed E-state index contributed by atoms with van der Waals surface area (Å²) in [5.74, 6) is -0.136. The van der Waals surface area contributed by atoms with Crippen LogP contribution in [0.1, 0.15) is 5.56 Å². The number of hydrogen-bond acceptors (Lipinski definition) is 3. The summed E-state index contributed by atoms with van der Waals surface area (Å²) >= 11 is 0. The van der Waals surface area contributed by atoms with Crippen molar-refractivity contribution in [2.24, 2.45) is 0 Å². The number of likely N-dealkylation sites (N-methyl/N-ethyl adjacent to an activating group) is 1. The van der Waals surface area contributed by atoms with E-state index in [0.717, 1.165) is 27.6 Å². The second kappa shape index (κ2) is 6.18. The van der Waals surface area contributed by atoms with Gasteiger partial charge in [0.1, 0.15) is 0 Å². The molecule has 0 aliphatic carbocycles. The molecule has 0 saturated heterocycles. The number of carbonyl (C=O) groups excluding carboxylic acids is 1. The van der Waals surface area contributed by atoms with E-state index in [-0.39, 0.29) is 5.91 Å². The summed E-state index contributed by atoms with van der Waals surface area (Å²) in [6.07, 6.45) is 8.60. The van der Waals surface area contributed by atoms with Gasteiger partial charge in [0.2, 0.25) is 5.91 Å². The van der Waals surface area contributed by atoms with Gasteiger partial charge < -0.3 is 5.32 Å². The first-order valence-corrected chi connectivity index (χ1v) is 6.97. The minimum Gasteiger partial charge on any atom is -0.356 e. The standard InChI is InChI=1S/C18H15N3O/c1-19-18(22)7-6-13-8-10-20-12-16(13)15-5-4-14-3-2-9-21-17(14)11-15/h2-12H,1H3,(H,19,22)/b7-6+. The molecular weight excluding hydrogens is 274 g/mol. The van der Waals surface area contributed by atoms with E-state index < -0.39 is 0 Å². The zero-order chi connectivity index (χ0) is 15.4. The van der Waals surface area contributed by atoms with E-state index in [1.54, 1.807) is 31.7 Å². The number of rotatable bonds is 3. The molecule has 1 N–H and O–H groups in total. The predicted octanol–water partition coefficient (Wildman–Crippen LogP) is 3.06. The number of carbonyl (C=O) groups is 1. The van der Waals surface area contributed by atoms with Gasteiger partial charge in [0, 0.05) is 42.7 Å². The van der Waals surface area contributed by atoms with Crippen LogP contribution in [0.5, 0.6) is 0 Å². The summed E-state index contributed by atoms with van der Waals surface area (Å²) in [6, 6.07) is 11.9. The van der Waals surface area contributed by atoms with Gasteiger partial charge in [-0.3, -0.25) is 14.8 Å². The Bertz CT molecular complexity index is 856. The number of amides is 1. The second-order valence-electron chi connectivity index (χ2n) is 4.82. The van der Waals surface area contributed by atoms with Crippen molar-refractivity contribution in [3.05, 3.63) is 66.6 Å². The van der Waals surface area contributed by atoms with E-state index in [0.29, 0.717) is 0 Å². The van der Waals surface area contributed by atoms with Crippen molar-refractivity contribution >= 4 is 22.9 Å². The smallest absolute Gasteiger partial charge is 0.243 e. The lowest BCUT2D eigenvalue weighted by Crippen LogP contribution is -2.13. The number of hydrogen-bond donors (Lipinski definition) is 1. The van der Waals surface area contributed by atoms with E-state index in [2.05, 4.69) is 15.3 Å². The van der Waals surface area contributed by atoms with Crippen LogP contribution >= 0.6 is 0 Å². The molecular formula is C18H15N3O. The number of aromatic nitrogens is 2. The quantitative estimate of drug-likeness (QED) is 0.754.